The van der Waals surface area contributed by atoms with Crippen molar-refractivity contribution in [3.05, 3.63) is 24.3 Å². The molecule has 1 aliphatic heterocycles. The van der Waals surface area contributed by atoms with Gasteiger partial charge in [0.2, 0.25) is 5.91 Å². The summed E-state index contributed by atoms with van der Waals surface area (Å²) in [6.45, 7) is 0.441. The fraction of sp³-hybridized carbons (Fsp3) is 0.500. The maximum absolute atomic E-state index is 12.0. The van der Waals surface area contributed by atoms with Gasteiger partial charge in [0.25, 0.3) is 0 Å². The first kappa shape index (κ1) is 15.6. The summed E-state index contributed by atoms with van der Waals surface area (Å²) in [6, 6.07) is 7.35. The summed E-state index contributed by atoms with van der Waals surface area (Å²) in [5.41, 5.74) is 1.62. The van der Waals surface area contributed by atoms with Crippen LogP contribution in [0.3, 0.4) is 0 Å². The molecule has 0 unspecified atom stereocenters. The Morgan fingerprint density at radius 3 is 2.62 bits per heavy atom. The number of alkyl halides is 3. The van der Waals surface area contributed by atoms with E-state index in [0.29, 0.717) is 5.69 Å². The molecule has 116 valence electrons. The molecule has 21 heavy (non-hydrogen) atoms. The number of nitrogens with one attached hydrogen (secondary N) is 2. The molecule has 0 aromatic heterocycles. The smallest absolute Gasteiger partial charge is 0.371 e. The van der Waals surface area contributed by atoms with Crippen molar-refractivity contribution in [2.24, 2.45) is 0 Å². The monoisotopic (exact) mass is 301 g/mol. The summed E-state index contributed by atoms with van der Waals surface area (Å²) in [5.74, 6) is -0.488. The molecule has 0 spiro atoms. The minimum atomic E-state index is -4.31. The largest absolute Gasteiger partial charge is 0.401 e. The van der Waals surface area contributed by atoms with Crippen LogP contribution < -0.4 is 15.5 Å². The second kappa shape index (κ2) is 6.80. The quantitative estimate of drug-likeness (QED) is 0.877. The second-order valence-electron chi connectivity index (χ2n) is 5.01. The van der Waals surface area contributed by atoms with Gasteiger partial charge in [0.1, 0.15) is 0 Å². The van der Waals surface area contributed by atoms with Crippen molar-refractivity contribution in [3.8, 4) is 0 Å². The summed E-state index contributed by atoms with van der Waals surface area (Å²) in [6.07, 6.45) is -2.01. The third-order valence-corrected chi connectivity index (χ3v) is 3.21. The molecule has 1 fully saturated rings. The predicted molar refractivity (Wildman–Crippen MR) is 75.4 cm³/mol. The van der Waals surface area contributed by atoms with Gasteiger partial charge in [0.15, 0.2) is 0 Å². The first-order valence-corrected chi connectivity index (χ1v) is 6.86. The highest BCUT2D eigenvalue weighted by atomic mass is 19.4. The van der Waals surface area contributed by atoms with Crippen LogP contribution in [0.2, 0.25) is 0 Å². The zero-order chi connectivity index (χ0) is 15.3. The number of hydrogen-bond donors (Lipinski definition) is 2. The van der Waals surface area contributed by atoms with Crippen LogP contribution in [0, 0.1) is 0 Å². The van der Waals surface area contributed by atoms with E-state index in [9.17, 15) is 18.0 Å². The van der Waals surface area contributed by atoms with Crippen LogP contribution in [0.1, 0.15) is 12.8 Å². The molecule has 1 aromatic rings. The van der Waals surface area contributed by atoms with Gasteiger partial charge in [-0.25, -0.2) is 0 Å². The van der Waals surface area contributed by atoms with Gasteiger partial charge in [-0.05, 0) is 31.0 Å². The number of benzene rings is 1. The summed E-state index contributed by atoms with van der Waals surface area (Å²) in [4.78, 5) is 13.8. The lowest BCUT2D eigenvalue weighted by molar-refractivity contribution is -0.126. The van der Waals surface area contributed by atoms with Gasteiger partial charge < -0.3 is 15.5 Å². The van der Waals surface area contributed by atoms with Crippen molar-refractivity contribution >= 4 is 17.3 Å². The molecule has 1 amide bonds. The number of nitrogens with zero attached hydrogens (tertiary/aromatic N) is 1. The summed E-state index contributed by atoms with van der Waals surface area (Å²) in [7, 11) is 0. The number of halogens is 3. The minimum absolute atomic E-state index is 0.368. The van der Waals surface area contributed by atoms with Crippen molar-refractivity contribution in [2.45, 2.75) is 19.0 Å². The molecule has 1 aromatic carbocycles. The Morgan fingerprint density at radius 2 is 1.95 bits per heavy atom. The van der Waals surface area contributed by atoms with Crippen LogP contribution in [0.25, 0.3) is 0 Å². The van der Waals surface area contributed by atoms with E-state index in [2.05, 4.69) is 15.5 Å². The van der Waals surface area contributed by atoms with Crippen LogP contribution in [0.5, 0.6) is 0 Å². The van der Waals surface area contributed by atoms with E-state index in [-0.39, 0.29) is 6.54 Å². The van der Waals surface area contributed by atoms with Crippen LogP contribution >= 0.6 is 0 Å². The summed E-state index contributed by atoms with van der Waals surface area (Å²) < 4.78 is 35.9. The Morgan fingerprint density at radius 1 is 1.24 bits per heavy atom. The Labute approximate surface area is 121 Å². The maximum atomic E-state index is 12.0. The van der Waals surface area contributed by atoms with E-state index in [1.165, 1.54) is 0 Å². The van der Waals surface area contributed by atoms with E-state index < -0.39 is 18.6 Å². The lowest BCUT2D eigenvalue weighted by Crippen LogP contribution is -2.35. The molecule has 0 aliphatic carbocycles. The first-order valence-electron chi connectivity index (χ1n) is 6.86. The summed E-state index contributed by atoms with van der Waals surface area (Å²) >= 11 is 0. The lowest BCUT2D eigenvalue weighted by atomic mass is 10.2. The van der Waals surface area contributed by atoms with Gasteiger partial charge >= 0.3 is 6.18 Å². The second-order valence-corrected chi connectivity index (χ2v) is 5.01. The van der Waals surface area contributed by atoms with Crippen LogP contribution in [-0.2, 0) is 4.79 Å². The standard InChI is InChI=1S/C14H18F3N3O/c15-14(16,17)10-18-9-13(21)19-11-4-3-5-12(8-11)20-6-1-2-7-20/h3-5,8,18H,1-2,6-7,9-10H2,(H,19,21). The Hall–Kier alpha value is -1.76. The number of anilines is 2. The van der Waals surface area contributed by atoms with Gasteiger partial charge in [-0.2, -0.15) is 13.2 Å². The fourth-order valence-electron chi connectivity index (χ4n) is 2.28. The van der Waals surface area contributed by atoms with Crippen molar-refractivity contribution in [1.29, 1.82) is 0 Å². The zero-order valence-corrected chi connectivity index (χ0v) is 11.5. The molecule has 0 bridgehead atoms. The van der Waals surface area contributed by atoms with Crippen molar-refractivity contribution in [2.75, 3.05) is 36.4 Å². The fourth-order valence-corrected chi connectivity index (χ4v) is 2.28. The highest BCUT2D eigenvalue weighted by Crippen LogP contribution is 2.23. The molecule has 2 rings (SSSR count). The minimum Gasteiger partial charge on any atom is -0.371 e. The van der Waals surface area contributed by atoms with E-state index >= 15 is 0 Å². The van der Waals surface area contributed by atoms with Crippen molar-refractivity contribution in [1.82, 2.24) is 5.32 Å². The van der Waals surface area contributed by atoms with E-state index in [4.69, 9.17) is 0 Å². The zero-order valence-electron chi connectivity index (χ0n) is 11.5. The van der Waals surface area contributed by atoms with E-state index in [0.717, 1.165) is 31.6 Å². The van der Waals surface area contributed by atoms with Crippen LogP contribution in [-0.4, -0.2) is 38.3 Å². The van der Waals surface area contributed by atoms with Crippen LogP contribution in [0.15, 0.2) is 24.3 Å². The van der Waals surface area contributed by atoms with Crippen molar-refractivity contribution in [3.63, 3.8) is 0 Å². The van der Waals surface area contributed by atoms with Gasteiger partial charge in [-0.3, -0.25) is 4.79 Å². The average molecular weight is 301 g/mol. The Bertz CT molecular complexity index is 485. The SMILES string of the molecule is O=C(CNCC(F)(F)F)Nc1cccc(N2CCCC2)c1. The molecule has 0 saturated carbocycles. The van der Waals surface area contributed by atoms with Gasteiger partial charge in [0.05, 0.1) is 13.1 Å². The third-order valence-electron chi connectivity index (χ3n) is 3.21. The van der Waals surface area contributed by atoms with Gasteiger partial charge in [0, 0.05) is 24.5 Å². The van der Waals surface area contributed by atoms with Crippen LogP contribution in [0.4, 0.5) is 24.5 Å². The molecule has 1 heterocycles. The molecule has 1 aliphatic rings. The van der Waals surface area contributed by atoms with E-state index in [1.54, 1.807) is 6.07 Å². The first-order chi connectivity index (χ1) is 9.94. The predicted octanol–water partition coefficient (Wildman–Crippen LogP) is 2.38. The lowest BCUT2D eigenvalue weighted by Gasteiger charge is -2.18. The summed E-state index contributed by atoms with van der Waals surface area (Å²) in [5, 5.41) is 4.66. The molecule has 1 saturated heterocycles. The number of amides is 1. The highest BCUT2D eigenvalue weighted by molar-refractivity contribution is 5.92. The Balaban J connectivity index is 1.84. The molecular weight excluding hydrogens is 283 g/mol. The third kappa shape index (κ3) is 5.26. The number of rotatable bonds is 5. The maximum Gasteiger partial charge on any atom is 0.401 e. The molecule has 7 heteroatoms. The average Bonchev–Trinajstić information content (AvgIpc) is 2.91. The van der Waals surface area contributed by atoms with Gasteiger partial charge in [-0.15, -0.1) is 0 Å². The number of carbonyl (C=O) groups excluding carboxylic acids is 1. The number of hydrogen-bond acceptors (Lipinski definition) is 3. The van der Waals surface area contributed by atoms with E-state index in [1.807, 2.05) is 18.2 Å². The Kier molecular flexibility index (Phi) is 5.06. The highest BCUT2D eigenvalue weighted by Gasteiger charge is 2.26. The molecule has 4 nitrogen and oxygen atoms in total. The molecule has 2 N–H and O–H groups in total. The normalized spacial score (nSPS) is 15.3. The number of carbonyl (C=O) groups is 1. The molecule has 0 radical (unpaired) electrons. The molecule has 0 atom stereocenters. The van der Waals surface area contributed by atoms with Crippen molar-refractivity contribution < 1.29 is 18.0 Å². The van der Waals surface area contributed by atoms with Gasteiger partial charge in [-0.1, -0.05) is 6.07 Å². The molecular formula is C14H18F3N3O. The topological polar surface area (TPSA) is 44.4 Å².